The van der Waals surface area contributed by atoms with Gasteiger partial charge in [0.2, 0.25) is 0 Å². The molecule has 0 fully saturated rings. The van der Waals surface area contributed by atoms with Gasteiger partial charge in [-0.25, -0.2) is 0 Å². The predicted octanol–water partition coefficient (Wildman–Crippen LogP) is 2.55. The number of fused-ring (bicyclic) bond motifs is 1. The predicted molar refractivity (Wildman–Crippen MR) is 72.4 cm³/mol. The van der Waals surface area contributed by atoms with Gasteiger partial charge in [0.05, 0.1) is 0 Å². The van der Waals surface area contributed by atoms with E-state index in [9.17, 15) is 0 Å². The molecule has 1 aliphatic heterocycles. The number of hydrogen-bond donors (Lipinski definition) is 2. The Morgan fingerprint density at radius 3 is 2.35 bits per heavy atom. The van der Waals surface area contributed by atoms with E-state index < -0.39 is 0 Å². The number of rotatable bonds is 1. The molecule has 2 aromatic carbocycles. The Hall–Kier alpha value is -2.16. The maximum absolute atomic E-state index is 5.80. The Morgan fingerprint density at radius 2 is 1.59 bits per heavy atom. The van der Waals surface area contributed by atoms with Crippen LogP contribution in [0.2, 0.25) is 0 Å². The van der Waals surface area contributed by atoms with Gasteiger partial charge < -0.3 is 16.4 Å². The molecule has 86 valence electrons. The van der Waals surface area contributed by atoms with Gasteiger partial charge in [-0.3, -0.25) is 0 Å². The summed E-state index contributed by atoms with van der Waals surface area (Å²) < 4.78 is 0. The van der Waals surface area contributed by atoms with E-state index >= 15 is 0 Å². The van der Waals surface area contributed by atoms with Gasteiger partial charge in [0.15, 0.2) is 0 Å². The average molecular weight is 225 g/mol. The second-order valence-electron chi connectivity index (χ2n) is 4.38. The number of nitrogens with two attached hydrogens (primary N) is 2. The minimum Gasteiger partial charge on any atom is -0.399 e. The zero-order valence-electron chi connectivity index (χ0n) is 9.56. The molecule has 0 radical (unpaired) electrons. The second-order valence-corrected chi connectivity index (χ2v) is 4.38. The molecule has 0 saturated heterocycles. The number of benzene rings is 2. The highest BCUT2D eigenvalue weighted by Gasteiger charge is 2.20. The second kappa shape index (κ2) is 3.70. The molecule has 3 rings (SSSR count). The Labute approximate surface area is 101 Å². The maximum atomic E-state index is 5.80. The summed E-state index contributed by atoms with van der Waals surface area (Å²) in [5.74, 6) is 0. The molecule has 0 bridgehead atoms. The fourth-order valence-electron chi connectivity index (χ4n) is 2.34. The topological polar surface area (TPSA) is 55.3 Å². The molecule has 4 N–H and O–H groups in total. The fourth-order valence-corrected chi connectivity index (χ4v) is 2.34. The lowest BCUT2D eigenvalue weighted by Gasteiger charge is -2.19. The molecule has 17 heavy (non-hydrogen) atoms. The van der Waals surface area contributed by atoms with Crippen LogP contribution in [0, 0.1) is 0 Å². The third kappa shape index (κ3) is 1.69. The summed E-state index contributed by atoms with van der Waals surface area (Å²) in [5, 5.41) is 0. The van der Waals surface area contributed by atoms with Crippen LogP contribution in [-0.4, -0.2) is 6.54 Å². The van der Waals surface area contributed by atoms with Crippen LogP contribution in [0.1, 0.15) is 5.56 Å². The summed E-state index contributed by atoms with van der Waals surface area (Å²) in [6, 6.07) is 14.1. The molecule has 0 atom stereocenters. The van der Waals surface area contributed by atoms with Crippen molar-refractivity contribution in [1.29, 1.82) is 0 Å². The standard InChI is InChI=1S/C14H15N3/c15-11-1-4-13(5-2-11)17-8-7-10-9-12(16)3-6-14(10)17/h1-6,9H,7-8,15-16H2. The molecule has 0 spiro atoms. The van der Waals surface area contributed by atoms with Gasteiger partial charge in [0.25, 0.3) is 0 Å². The minimum atomic E-state index is 0.797. The molecule has 1 heterocycles. The van der Waals surface area contributed by atoms with E-state index in [0.29, 0.717) is 0 Å². The SMILES string of the molecule is Nc1ccc(N2CCc3cc(N)ccc32)cc1. The quantitative estimate of drug-likeness (QED) is 0.733. The smallest absolute Gasteiger partial charge is 0.0445 e. The summed E-state index contributed by atoms with van der Waals surface area (Å²) >= 11 is 0. The van der Waals surface area contributed by atoms with Crippen molar-refractivity contribution < 1.29 is 0 Å². The molecule has 0 amide bonds. The van der Waals surface area contributed by atoms with Crippen molar-refractivity contribution in [2.75, 3.05) is 22.9 Å². The zero-order chi connectivity index (χ0) is 11.8. The van der Waals surface area contributed by atoms with Crippen molar-refractivity contribution in [2.45, 2.75) is 6.42 Å². The molecule has 0 saturated carbocycles. The van der Waals surface area contributed by atoms with Crippen LogP contribution in [0.3, 0.4) is 0 Å². The minimum absolute atomic E-state index is 0.797. The monoisotopic (exact) mass is 225 g/mol. The highest BCUT2D eigenvalue weighted by Crippen LogP contribution is 2.35. The van der Waals surface area contributed by atoms with Crippen LogP contribution in [0.4, 0.5) is 22.7 Å². The molecule has 0 unspecified atom stereocenters. The number of hydrogen-bond acceptors (Lipinski definition) is 3. The molecule has 3 heteroatoms. The first-order chi connectivity index (χ1) is 8.24. The van der Waals surface area contributed by atoms with E-state index in [-0.39, 0.29) is 0 Å². The Bertz CT molecular complexity index is 546. The van der Waals surface area contributed by atoms with Gasteiger partial charge >= 0.3 is 0 Å². The molecule has 3 nitrogen and oxygen atoms in total. The van der Waals surface area contributed by atoms with E-state index in [1.165, 1.54) is 16.9 Å². The summed E-state index contributed by atoms with van der Waals surface area (Å²) in [6.07, 6.45) is 1.05. The van der Waals surface area contributed by atoms with Crippen molar-refractivity contribution in [3.8, 4) is 0 Å². The van der Waals surface area contributed by atoms with Gasteiger partial charge in [-0.2, -0.15) is 0 Å². The van der Waals surface area contributed by atoms with Crippen LogP contribution >= 0.6 is 0 Å². The number of anilines is 4. The first kappa shape index (κ1) is 10.0. The highest BCUT2D eigenvalue weighted by molar-refractivity contribution is 5.72. The van der Waals surface area contributed by atoms with E-state index in [1.807, 2.05) is 18.2 Å². The molecule has 0 aromatic heterocycles. The molecule has 1 aliphatic rings. The summed E-state index contributed by atoms with van der Waals surface area (Å²) in [6.45, 7) is 1.00. The molecular formula is C14H15N3. The number of nitrogens with zero attached hydrogens (tertiary/aromatic N) is 1. The van der Waals surface area contributed by atoms with E-state index in [1.54, 1.807) is 0 Å². The van der Waals surface area contributed by atoms with Crippen LogP contribution in [0.25, 0.3) is 0 Å². The Morgan fingerprint density at radius 1 is 0.882 bits per heavy atom. The summed E-state index contributed by atoms with van der Waals surface area (Å²) in [5.41, 5.74) is 16.9. The summed E-state index contributed by atoms with van der Waals surface area (Å²) in [4.78, 5) is 2.30. The van der Waals surface area contributed by atoms with Gasteiger partial charge in [0, 0.05) is 29.3 Å². The van der Waals surface area contributed by atoms with Crippen molar-refractivity contribution >= 4 is 22.7 Å². The van der Waals surface area contributed by atoms with Crippen LogP contribution < -0.4 is 16.4 Å². The first-order valence-electron chi connectivity index (χ1n) is 5.75. The molecular weight excluding hydrogens is 210 g/mol. The maximum Gasteiger partial charge on any atom is 0.0445 e. The van der Waals surface area contributed by atoms with E-state index in [2.05, 4.69) is 29.2 Å². The van der Waals surface area contributed by atoms with Crippen molar-refractivity contribution in [2.24, 2.45) is 0 Å². The van der Waals surface area contributed by atoms with Crippen LogP contribution in [0.15, 0.2) is 42.5 Å². The largest absolute Gasteiger partial charge is 0.399 e. The van der Waals surface area contributed by atoms with Crippen LogP contribution in [-0.2, 0) is 6.42 Å². The summed E-state index contributed by atoms with van der Waals surface area (Å²) in [7, 11) is 0. The number of nitrogen functional groups attached to an aromatic ring is 2. The Kier molecular flexibility index (Phi) is 2.18. The fraction of sp³-hybridized carbons (Fsp3) is 0.143. The van der Waals surface area contributed by atoms with E-state index in [0.717, 1.165) is 24.3 Å². The lowest BCUT2D eigenvalue weighted by molar-refractivity contribution is 0.999. The van der Waals surface area contributed by atoms with Gasteiger partial charge in [-0.1, -0.05) is 0 Å². The van der Waals surface area contributed by atoms with Crippen molar-refractivity contribution in [3.63, 3.8) is 0 Å². The van der Waals surface area contributed by atoms with Gasteiger partial charge in [0.1, 0.15) is 0 Å². The van der Waals surface area contributed by atoms with E-state index in [4.69, 9.17) is 11.5 Å². The lowest BCUT2D eigenvalue weighted by Crippen LogP contribution is -2.12. The Balaban J connectivity index is 2.01. The third-order valence-corrected chi connectivity index (χ3v) is 3.20. The molecule has 2 aromatic rings. The van der Waals surface area contributed by atoms with Gasteiger partial charge in [-0.15, -0.1) is 0 Å². The van der Waals surface area contributed by atoms with Crippen molar-refractivity contribution in [3.05, 3.63) is 48.0 Å². The zero-order valence-corrected chi connectivity index (χ0v) is 9.56. The average Bonchev–Trinajstić information content (AvgIpc) is 2.73. The van der Waals surface area contributed by atoms with Gasteiger partial charge in [-0.05, 0) is 54.4 Å². The highest BCUT2D eigenvalue weighted by atomic mass is 15.2. The van der Waals surface area contributed by atoms with Crippen LogP contribution in [0.5, 0.6) is 0 Å². The molecule has 0 aliphatic carbocycles. The normalized spacial score (nSPS) is 13.8. The lowest BCUT2D eigenvalue weighted by atomic mass is 10.1. The van der Waals surface area contributed by atoms with Crippen molar-refractivity contribution in [1.82, 2.24) is 0 Å². The first-order valence-corrected chi connectivity index (χ1v) is 5.75. The third-order valence-electron chi connectivity index (χ3n) is 3.20.